The maximum absolute atomic E-state index is 5.32. The Balaban J connectivity index is 2.24. The van der Waals surface area contributed by atoms with E-state index >= 15 is 0 Å². The molecular formula is C13H8BrNO. The predicted octanol–water partition coefficient (Wildman–Crippen LogP) is 4.26. The Hall–Kier alpha value is -1.61. The van der Waals surface area contributed by atoms with Gasteiger partial charge in [0.2, 0.25) is 0 Å². The molecule has 1 aromatic carbocycles. The molecule has 16 heavy (non-hydrogen) atoms. The summed E-state index contributed by atoms with van der Waals surface area (Å²) in [4.78, 5) is 4.55. The van der Waals surface area contributed by atoms with E-state index in [1.165, 1.54) is 0 Å². The van der Waals surface area contributed by atoms with Crippen LogP contribution in [0, 0.1) is 0 Å². The monoisotopic (exact) mass is 273 g/mol. The summed E-state index contributed by atoms with van der Waals surface area (Å²) in [5.74, 6) is 0.793. The Labute approximate surface area is 101 Å². The number of nitrogens with zero attached hydrogens (tertiary/aromatic N) is 1. The molecule has 0 bridgehead atoms. The van der Waals surface area contributed by atoms with Crippen LogP contribution in [0.15, 0.2) is 57.6 Å². The van der Waals surface area contributed by atoms with Crippen molar-refractivity contribution in [1.82, 2.24) is 4.98 Å². The van der Waals surface area contributed by atoms with Gasteiger partial charge in [-0.3, -0.25) is 0 Å². The molecule has 2 aromatic heterocycles. The van der Waals surface area contributed by atoms with Crippen LogP contribution < -0.4 is 0 Å². The number of rotatable bonds is 1. The van der Waals surface area contributed by atoms with Crippen LogP contribution in [-0.4, -0.2) is 4.98 Å². The van der Waals surface area contributed by atoms with Crippen LogP contribution in [0.25, 0.3) is 22.4 Å². The molecule has 2 heterocycles. The van der Waals surface area contributed by atoms with Gasteiger partial charge in [-0.15, -0.1) is 0 Å². The van der Waals surface area contributed by atoms with Gasteiger partial charge < -0.3 is 4.42 Å². The van der Waals surface area contributed by atoms with E-state index in [4.69, 9.17) is 4.42 Å². The van der Waals surface area contributed by atoms with Crippen LogP contribution in [0.1, 0.15) is 0 Å². The van der Waals surface area contributed by atoms with Gasteiger partial charge in [0.05, 0.1) is 11.8 Å². The second-order valence-corrected chi connectivity index (χ2v) is 4.33. The Bertz CT molecular complexity index is 631. The van der Waals surface area contributed by atoms with Crippen LogP contribution in [0.2, 0.25) is 0 Å². The molecule has 0 amide bonds. The first-order valence-corrected chi connectivity index (χ1v) is 5.73. The summed E-state index contributed by atoms with van der Waals surface area (Å²) >= 11 is 3.51. The SMILES string of the molecule is Brc1cccc2nc(-c3ccco3)ccc12. The summed E-state index contributed by atoms with van der Waals surface area (Å²) in [7, 11) is 0. The second-order valence-electron chi connectivity index (χ2n) is 3.48. The van der Waals surface area contributed by atoms with E-state index < -0.39 is 0 Å². The molecular weight excluding hydrogens is 266 g/mol. The number of hydrogen-bond donors (Lipinski definition) is 0. The minimum absolute atomic E-state index is 0.793. The highest BCUT2D eigenvalue weighted by molar-refractivity contribution is 9.10. The van der Waals surface area contributed by atoms with Gasteiger partial charge in [-0.05, 0) is 36.4 Å². The van der Waals surface area contributed by atoms with Gasteiger partial charge in [-0.1, -0.05) is 22.0 Å². The summed E-state index contributed by atoms with van der Waals surface area (Å²) in [5.41, 5.74) is 1.82. The minimum atomic E-state index is 0.793. The number of benzene rings is 1. The zero-order valence-corrected chi connectivity index (χ0v) is 9.94. The third-order valence-electron chi connectivity index (χ3n) is 2.45. The molecule has 3 heteroatoms. The normalized spacial score (nSPS) is 10.8. The zero-order valence-electron chi connectivity index (χ0n) is 8.35. The van der Waals surface area contributed by atoms with Gasteiger partial charge in [-0.2, -0.15) is 0 Å². The van der Waals surface area contributed by atoms with Crippen LogP contribution in [0.4, 0.5) is 0 Å². The molecule has 0 fully saturated rings. The Morgan fingerprint density at radius 2 is 1.94 bits per heavy atom. The molecule has 0 saturated heterocycles. The maximum Gasteiger partial charge on any atom is 0.152 e. The van der Waals surface area contributed by atoms with Crippen molar-refractivity contribution in [1.29, 1.82) is 0 Å². The van der Waals surface area contributed by atoms with Crippen molar-refractivity contribution in [2.45, 2.75) is 0 Å². The lowest BCUT2D eigenvalue weighted by molar-refractivity contribution is 0.580. The maximum atomic E-state index is 5.32. The summed E-state index contributed by atoms with van der Waals surface area (Å²) in [6.45, 7) is 0. The van der Waals surface area contributed by atoms with E-state index in [1.807, 2.05) is 42.5 Å². The minimum Gasteiger partial charge on any atom is -0.463 e. The largest absolute Gasteiger partial charge is 0.463 e. The number of pyridine rings is 1. The number of fused-ring (bicyclic) bond motifs is 1. The lowest BCUT2D eigenvalue weighted by Crippen LogP contribution is -1.83. The second kappa shape index (κ2) is 3.76. The van der Waals surface area contributed by atoms with Gasteiger partial charge in [0.15, 0.2) is 5.76 Å². The first kappa shape index (κ1) is 9.60. The molecule has 0 N–H and O–H groups in total. The molecule has 78 valence electrons. The topological polar surface area (TPSA) is 26.0 Å². The molecule has 3 rings (SSSR count). The molecule has 0 aliphatic carbocycles. The lowest BCUT2D eigenvalue weighted by Gasteiger charge is -2.01. The van der Waals surface area contributed by atoms with Crippen molar-refractivity contribution < 1.29 is 4.42 Å². The molecule has 0 aliphatic heterocycles. The zero-order chi connectivity index (χ0) is 11.0. The van der Waals surface area contributed by atoms with E-state index in [0.29, 0.717) is 0 Å². The van der Waals surface area contributed by atoms with E-state index in [2.05, 4.69) is 20.9 Å². The number of hydrogen-bond acceptors (Lipinski definition) is 2. The van der Waals surface area contributed by atoms with E-state index in [0.717, 1.165) is 26.8 Å². The third-order valence-corrected chi connectivity index (χ3v) is 3.14. The summed E-state index contributed by atoms with van der Waals surface area (Å²) < 4.78 is 6.38. The first-order valence-electron chi connectivity index (χ1n) is 4.94. The Morgan fingerprint density at radius 3 is 2.75 bits per heavy atom. The van der Waals surface area contributed by atoms with Crippen molar-refractivity contribution in [2.24, 2.45) is 0 Å². The quantitative estimate of drug-likeness (QED) is 0.662. The number of halogens is 1. The third kappa shape index (κ3) is 1.53. The molecule has 0 atom stereocenters. The Kier molecular flexibility index (Phi) is 2.26. The summed E-state index contributed by atoms with van der Waals surface area (Å²) in [6, 6.07) is 13.8. The average Bonchev–Trinajstić information content (AvgIpc) is 2.82. The molecule has 3 aromatic rings. The van der Waals surface area contributed by atoms with Crippen molar-refractivity contribution in [2.75, 3.05) is 0 Å². The molecule has 0 unspecified atom stereocenters. The van der Waals surface area contributed by atoms with Crippen LogP contribution >= 0.6 is 15.9 Å². The number of furan rings is 1. The van der Waals surface area contributed by atoms with Gasteiger partial charge in [-0.25, -0.2) is 4.98 Å². The molecule has 2 nitrogen and oxygen atoms in total. The molecule has 0 saturated carbocycles. The fraction of sp³-hybridized carbons (Fsp3) is 0. The van der Waals surface area contributed by atoms with Crippen LogP contribution in [0.5, 0.6) is 0 Å². The predicted molar refractivity (Wildman–Crippen MR) is 67.1 cm³/mol. The van der Waals surface area contributed by atoms with Crippen molar-refractivity contribution in [3.05, 3.63) is 53.2 Å². The molecule has 0 spiro atoms. The summed E-state index contributed by atoms with van der Waals surface area (Å²) in [5, 5.41) is 1.11. The Morgan fingerprint density at radius 1 is 1.00 bits per heavy atom. The van der Waals surface area contributed by atoms with E-state index in [-0.39, 0.29) is 0 Å². The fourth-order valence-corrected chi connectivity index (χ4v) is 2.17. The molecule has 0 radical (unpaired) electrons. The van der Waals surface area contributed by atoms with Crippen molar-refractivity contribution in [3.8, 4) is 11.5 Å². The highest BCUT2D eigenvalue weighted by Crippen LogP contribution is 2.26. The van der Waals surface area contributed by atoms with Crippen molar-refractivity contribution >= 4 is 26.8 Å². The average molecular weight is 274 g/mol. The summed E-state index contributed by atoms with van der Waals surface area (Å²) in [6.07, 6.45) is 1.65. The van der Waals surface area contributed by atoms with E-state index in [9.17, 15) is 0 Å². The van der Waals surface area contributed by atoms with Gasteiger partial charge in [0, 0.05) is 9.86 Å². The van der Waals surface area contributed by atoms with Crippen LogP contribution in [0.3, 0.4) is 0 Å². The first-order chi connectivity index (χ1) is 7.84. The van der Waals surface area contributed by atoms with Crippen molar-refractivity contribution in [3.63, 3.8) is 0 Å². The highest BCUT2D eigenvalue weighted by Gasteiger charge is 2.04. The fourth-order valence-electron chi connectivity index (χ4n) is 1.68. The van der Waals surface area contributed by atoms with Gasteiger partial charge >= 0.3 is 0 Å². The lowest BCUT2D eigenvalue weighted by atomic mass is 10.2. The number of aromatic nitrogens is 1. The molecule has 0 aliphatic rings. The highest BCUT2D eigenvalue weighted by atomic mass is 79.9. The standard InChI is InChI=1S/C13H8BrNO/c14-10-3-1-4-11-9(10)6-7-12(15-11)13-5-2-8-16-13/h1-8H. The smallest absolute Gasteiger partial charge is 0.152 e. The van der Waals surface area contributed by atoms with Crippen LogP contribution in [-0.2, 0) is 0 Å². The van der Waals surface area contributed by atoms with E-state index in [1.54, 1.807) is 6.26 Å². The van der Waals surface area contributed by atoms with Gasteiger partial charge in [0.1, 0.15) is 5.69 Å². The van der Waals surface area contributed by atoms with Gasteiger partial charge in [0.25, 0.3) is 0 Å².